The van der Waals surface area contributed by atoms with E-state index < -0.39 is 11.9 Å². The molecule has 0 aliphatic heterocycles. The summed E-state index contributed by atoms with van der Waals surface area (Å²) in [6.07, 6.45) is -3.35. The number of halogens is 3. The van der Waals surface area contributed by atoms with Gasteiger partial charge in [0.05, 0.1) is 5.69 Å². The molecule has 3 aromatic rings. The summed E-state index contributed by atoms with van der Waals surface area (Å²) >= 11 is 0. The summed E-state index contributed by atoms with van der Waals surface area (Å²) in [5.41, 5.74) is -0.257. The number of aryl methyl sites for hydroxylation is 2. The first-order valence-corrected chi connectivity index (χ1v) is 5.96. The van der Waals surface area contributed by atoms with E-state index in [4.69, 9.17) is 4.42 Å². The van der Waals surface area contributed by atoms with Gasteiger partial charge in [-0.05, 0) is 26.0 Å². The third-order valence-corrected chi connectivity index (χ3v) is 2.92. The summed E-state index contributed by atoms with van der Waals surface area (Å²) in [5, 5.41) is 9.69. The molecule has 0 aliphatic rings. The van der Waals surface area contributed by atoms with Crippen LogP contribution in [0.2, 0.25) is 0 Å². The number of H-pyrrole nitrogens is 1. The van der Waals surface area contributed by atoms with E-state index in [1.54, 1.807) is 19.9 Å². The summed E-state index contributed by atoms with van der Waals surface area (Å²) in [4.78, 5) is 3.84. The van der Waals surface area contributed by atoms with Gasteiger partial charge in [0.25, 0.3) is 0 Å². The fourth-order valence-electron chi connectivity index (χ4n) is 2.06. The summed E-state index contributed by atoms with van der Waals surface area (Å²) < 4.78 is 45.1. The molecule has 3 aromatic heterocycles. The van der Waals surface area contributed by atoms with Crippen LogP contribution in [-0.2, 0) is 6.18 Å². The lowest BCUT2D eigenvalue weighted by Gasteiger charge is -2.02. The highest BCUT2D eigenvalue weighted by atomic mass is 19.4. The van der Waals surface area contributed by atoms with Crippen LogP contribution in [0, 0.1) is 13.8 Å². The van der Waals surface area contributed by atoms with E-state index in [2.05, 4.69) is 20.3 Å². The Balaban J connectivity index is 2.23. The average Bonchev–Trinajstić information content (AvgIpc) is 3.06. The molecule has 0 atom stereocenters. The van der Waals surface area contributed by atoms with Crippen LogP contribution in [0.1, 0.15) is 17.2 Å². The Morgan fingerprint density at radius 3 is 2.52 bits per heavy atom. The molecule has 0 amide bonds. The molecule has 1 N–H and O–H groups in total. The molecule has 3 rings (SSSR count). The molecule has 0 saturated heterocycles. The van der Waals surface area contributed by atoms with Crippen molar-refractivity contribution in [2.24, 2.45) is 0 Å². The van der Waals surface area contributed by atoms with Gasteiger partial charge in [-0.25, -0.2) is 5.10 Å². The highest BCUT2D eigenvalue weighted by molar-refractivity contribution is 5.64. The van der Waals surface area contributed by atoms with Gasteiger partial charge < -0.3 is 4.42 Å². The Morgan fingerprint density at radius 1 is 1.24 bits per heavy atom. The zero-order chi connectivity index (χ0) is 15.2. The van der Waals surface area contributed by atoms with Crippen LogP contribution in [0.15, 0.2) is 22.9 Å². The van der Waals surface area contributed by atoms with Gasteiger partial charge in [-0.15, -0.1) is 0 Å². The lowest BCUT2D eigenvalue weighted by Crippen LogP contribution is -2.08. The summed E-state index contributed by atoms with van der Waals surface area (Å²) in [6.45, 7) is 3.39. The number of aromatic nitrogens is 5. The number of rotatable bonds is 2. The minimum atomic E-state index is -4.55. The molecule has 6 nitrogen and oxygen atoms in total. The lowest BCUT2D eigenvalue weighted by atomic mass is 10.1. The maximum absolute atomic E-state index is 12.9. The van der Waals surface area contributed by atoms with Crippen LogP contribution in [0.5, 0.6) is 0 Å². The predicted molar refractivity (Wildman–Crippen MR) is 65.7 cm³/mol. The molecule has 0 aromatic carbocycles. The Labute approximate surface area is 116 Å². The van der Waals surface area contributed by atoms with Gasteiger partial charge in [-0.2, -0.15) is 33.0 Å². The van der Waals surface area contributed by atoms with Gasteiger partial charge in [0.15, 0.2) is 5.69 Å². The van der Waals surface area contributed by atoms with E-state index in [1.807, 2.05) is 0 Å². The first-order valence-electron chi connectivity index (χ1n) is 5.96. The fourth-order valence-corrected chi connectivity index (χ4v) is 2.06. The quantitative estimate of drug-likeness (QED) is 0.789. The molecule has 0 unspecified atom stereocenters. The molecule has 9 heteroatoms. The number of aromatic amines is 1. The van der Waals surface area contributed by atoms with Crippen molar-refractivity contribution in [3.63, 3.8) is 0 Å². The molecule has 0 fully saturated rings. The van der Waals surface area contributed by atoms with Crippen molar-refractivity contribution in [2.75, 3.05) is 0 Å². The molecule has 21 heavy (non-hydrogen) atoms. The fraction of sp³-hybridized carbons (Fsp3) is 0.250. The van der Waals surface area contributed by atoms with Gasteiger partial charge in [0, 0.05) is 5.56 Å². The Kier molecular flexibility index (Phi) is 2.85. The van der Waals surface area contributed by atoms with Crippen molar-refractivity contribution >= 4 is 0 Å². The summed E-state index contributed by atoms with van der Waals surface area (Å²) in [7, 11) is 0. The minimum absolute atomic E-state index is 0.0961. The van der Waals surface area contributed by atoms with E-state index in [9.17, 15) is 13.2 Å². The van der Waals surface area contributed by atoms with Gasteiger partial charge in [-0.1, -0.05) is 0 Å². The monoisotopic (exact) mass is 297 g/mol. The second-order valence-corrected chi connectivity index (χ2v) is 4.46. The van der Waals surface area contributed by atoms with Crippen LogP contribution >= 0.6 is 0 Å². The lowest BCUT2D eigenvalue weighted by molar-refractivity contribution is -0.141. The summed E-state index contributed by atoms with van der Waals surface area (Å²) in [5.74, 6) is 1.20. The van der Waals surface area contributed by atoms with Gasteiger partial charge in [0.1, 0.15) is 17.8 Å². The molecule has 3 heterocycles. The van der Waals surface area contributed by atoms with Gasteiger partial charge in [-0.3, -0.25) is 0 Å². The first kappa shape index (κ1) is 13.4. The molecule has 0 saturated carbocycles. The van der Waals surface area contributed by atoms with E-state index >= 15 is 0 Å². The molecule has 0 radical (unpaired) electrons. The Bertz CT molecular complexity index is 770. The second kappa shape index (κ2) is 4.47. The van der Waals surface area contributed by atoms with Crippen molar-refractivity contribution in [1.29, 1.82) is 0 Å². The Morgan fingerprint density at radius 2 is 2.00 bits per heavy atom. The van der Waals surface area contributed by atoms with E-state index in [-0.39, 0.29) is 11.6 Å². The van der Waals surface area contributed by atoms with Crippen LogP contribution in [0.4, 0.5) is 13.2 Å². The number of hydrogen-bond donors (Lipinski definition) is 1. The predicted octanol–water partition coefficient (Wildman–Crippen LogP) is 2.89. The standard InChI is InChI=1S/C12H10F3N5O/c1-6-3-8(7(2)21-6)9-4-10(12(13,14)15)19-20(9)11-16-5-17-18-11/h3-5H,1-2H3,(H,16,17,18). The van der Waals surface area contributed by atoms with Crippen LogP contribution in [0.25, 0.3) is 17.2 Å². The van der Waals surface area contributed by atoms with E-state index in [0.717, 1.165) is 10.7 Å². The SMILES string of the molecule is Cc1cc(-c2cc(C(F)(F)F)nn2-c2ncn[nH]2)c(C)o1. The highest BCUT2D eigenvalue weighted by Gasteiger charge is 2.36. The van der Waals surface area contributed by atoms with Crippen molar-refractivity contribution in [3.05, 3.63) is 35.7 Å². The zero-order valence-electron chi connectivity index (χ0n) is 11.1. The highest BCUT2D eigenvalue weighted by Crippen LogP contribution is 2.34. The van der Waals surface area contributed by atoms with Crippen molar-refractivity contribution in [2.45, 2.75) is 20.0 Å². The number of furan rings is 1. The zero-order valence-corrected chi connectivity index (χ0v) is 11.1. The van der Waals surface area contributed by atoms with E-state index in [0.29, 0.717) is 17.1 Å². The van der Waals surface area contributed by atoms with Gasteiger partial charge in [0.2, 0.25) is 5.95 Å². The third-order valence-electron chi connectivity index (χ3n) is 2.92. The smallest absolute Gasteiger partial charge is 0.435 e. The molecular formula is C12H10F3N5O. The maximum Gasteiger partial charge on any atom is 0.435 e. The van der Waals surface area contributed by atoms with E-state index in [1.165, 1.54) is 6.33 Å². The second-order valence-electron chi connectivity index (χ2n) is 4.46. The average molecular weight is 297 g/mol. The summed E-state index contributed by atoms with van der Waals surface area (Å²) in [6, 6.07) is 2.61. The third kappa shape index (κ3) is 2.30. The molecule has 0 aliphatic carbocycles. The first-order chi connectivity index (χ1) is 9.86. The van der Waals surface area contributed by atoms with Crippen molar-refractivity contribution < 1.29 is 17.6 Å². The molecule has 0 bridgehead atoms. The van der Waals surface area contributed by atoms with Crippen molar-refractivity contribution in [3.8, 4) is 17.2 Å². The molecular weight excluding hydrogens is 287 g/mol. The normalized spacial score (nSPS) is 12.0. The van der Waals surface area contributed by atoms with Crippen molar-refractivity contribution in [1.82, 2.24) is 25.0 Å². The number of alkyl halides is 3. The minimum Gasteiger partial charge on any atom is -0.466 e. The maximum atomic E-state index is 12.9. The number of nitrogens with one attached hydrogen (secondary N) is 1. The largest absolute Gasteiger partial charge is 0.466 e. The Hall–Kier alpha value is -2.58. The molecule has 0 spiro atoms. The number of nitrogens with zero attached hydrogens (tertiary/aromatic N) is 4. The van der Waals surface area contributed by atoms with Crippen LogP contribution in [0.3, 0.4) is 0 Å². The van der Waals surface area contributed by atoms with Crippen LogP contribution in [-0.4, -0.2) is 25.0 Å². The van der Waals surface area contributed by atoms with Gasteiger partial charge >= 0.3 is 6.18 Å². The van der Waals surface area contributed by atoms with Crippen LogP contribution < -0.4 is 0 Å². The number of hydrogen-bond acceptors (Lipinski definition) is 4. The molecule has 110 valence electrons. The topological polar surface area (TPSA) is 72.5 Å².